The molecule has 0 atom stereocenters. The van der Waals surface area contributed by atoms with Crippen molar-refractivity contribution >= 4 is 11.6 Å². The number of rotatable bonds is 6. The average Bonchev–Trinajstić information content (AvgIpc) is 2.44. The highest BCUT2D eigenvalue weighted by Crippen LogP contribution is 2.17. The lowest BCUT2D eigenvalue weighted by atomic mass is 10.2. The summed E-state index contributed by atoms with van der Waals surface area (Å²) in [6.45, 7) is 5.75. The van der Waals surface area contributed by atoms with Crippen LogP contribution in [0, 0.1) is 6.92 Å². The topological polar surface area (TPSA) is 62.7 Å². The van der Waals surface area contributed by atoms with Gasteiger partial charge in [0.25, 0.3) is 0 Å². The third-order valence-electron chi connectivity index (χ3n) is 2.86. The molecule has 0 fully saturated rings. The minimum atomic E-state index is 0.828. The molecule has 100 valence electrons. The first-order chi connectivity index (χ1) is 9.31. The molecule has 0 aliphatic carbocycles. The molecule has 2 aromatic rings. The standard InChI is InChI=1S/C14H19N5/c1-3-16-13-11(2)14(19-10-18-13)17-8-6-12-5-4-7-15-9-12/h4-5,7,9-10H,3,6,8H2,1-2H3,(H2,16,17,18,19). The molecule has 0 unspecified atom stereocenters. The lowest BCUT2D eigenvalue weighted by molar-refractivity contribution is 0.979. The van der Waals surface area contributed by atoms with Gasteiger partial charge in [-0.3, -0.25) is 4.98 Å². The van der Waals surface area contributed by atoms with Gasteiger partial charge in [-0.1, -0.05) is 6.07 Å². The predicted molar refractivity (Wildman–Crippen MR) is 77.4 cm³/mol. The summed E-state index contributed by atoms with van der Waals surface area (Å²) >= 11 is 0. The first-order valence-electron chi connectivity index (χ1n) is 6.49. The minimum absolute atomic E-state index is 0.828. The van der Waals surface area contributed by atoms with Crippen LogP contribution in [0.25, 0.3) is 0 Å². The highest BCUT2D eigenvalue weighted by atomic mass is 15.1. The Balaban J connectivity index is 1.94. The highest BCUT2D eigenvalue weighted by Gasteiger charge is 2.05. The molecule has 0 bridgehead atoms. The molecule has 2 aromatic heterocycles. The first-order valence-corrected chi connectivity index (χ1v) is 6.49. The number of hydrogen-bond acceptors (Lipinski definition) is 5. The van der Waals surface area contributed by atoms with E-state index < -0.39 is 0 Å². The monoisotopic (exact) mass is 257 g/mol. The van der Waals surface area contributed by atoms with Crippen LogP contribution >= 0.6 is 0 Å². The predicted octanol–water partition coefficient (Wildman–Crippen LogP) is 2.27. The van der Waals surface area contributed by atoms with Gasteiger partial charge in [-0.05, 0) is 31.9 Å². The summed E-state index contributed by atoms with van der Waals surface area (Å²) in [5, 5.41) is 6.56. The Kier molecular flexibility index (Phi) is 4.66. The summed E-state index contributed by atoms with van der Waals surface area (Å²) < 4.78 is 0. The first kappa shape index (κ1) is 13.3. The molecular formula is C14H19N5. The number of aromatic nitrogens is 3. The molecule has 5 heteroatoms. The van der Waals surface area contributed by atoms with Crippen molar-refractivity contribution in [1.82, 2.24) is 15.0 Å². The molecule has 0 aromatic carbocycles. The van der Waals surface area contributed by atoms with Crippen LogP contribution in [0.15, 0.2) is 30.9 Å². The Labute approximate surface area is 113 Å². The van der Waals surface area contributed by atoms with Crippen molar-refractivity contribution < 1.29 is 0 Å². The van der Waals surface area contributed by atoms with E-state index in [0.717, 1.165) is 36.7 Å². The largest absolute Gasteiger partial charge is 0.370 e. The summed E-state index contributed by atoms with van der Waals surface area (Å²) in [7, 11) is 0. The molecule has 2 N–H and O–H groups in total. The van der Waals surface area contributed by atoms with Crippen molar-refractivity contribution in [2.75, 3.05) is 23.7 Å². The van der Waals surface area contributed by atoms with Gasteiger partial charge in [0.2, 0.25) is 0 Å². The molecular weight excluding hydrogens is 238 g/mol. The molecule has 0 spiro atoms. The minimum Gasteiger partial charge on any atom is -0.370 e. The van der Waals surface area contributed by atoms with Crippen LogP contribution in [0.1, 0.15) is 18.1 Å². The van der Waals surface area contributed by atoms with E-state index in [2.05, 4.69) is 38.6 Å². The van der Waals surface area contributed by atoms with Crippen LogP contribution in [0.2, 0.25) is 0 Å². The number of nitrogens with one attached hydrogen (secondary N) is 2. The fourth-order valence-corrected chi connectivity index (χ4v) is 1.85. The van der Waals surface area contributed by atoms with Crippen molar-refractivity contribution in [3.8, 4) is 0 Å². The molecule has 2 heterocycles. The Bertz CT molecular complexity index is 512. The van der Waals surface area contributed by atoms with Gasteiger partial charge in [0, 0.05) is 31.0 Å². The zero-order valence-corrected chi connectivity index (χ0v) is 11.3. The van der Waals surface area contributed by atoms with E-state index >= 15 is 0 Å². The second-order valence-electron chi connectivity index (χ2n) is 4.26. The van der Waals surface area contributed by atoms with Gasteiger partial charge in [-0.2, -0.15) is 0 Å². The molecule has 0 saturated carbocycles. The number of nitrogens with zero attached hydrogens (tertiary/aromatic N) is 3. The van der Waals surface area contributed by atoms with Crippen molar-refractivity contribution in [2.45, 2.75) is 20.3 Å². The maximum Gasteiger partial charge on any atom is 0.134 e. The van der Waals surface area contributed by atoms with Crippen LogP contribution in [-0.4, -0.2) is 28.0 Å². The second-order valence-corrected chi connectivity index (χ2v) is 4.26. The van der Waals surface area contributed by atoms with Crippen LogP contribution in [-0.2, 0) is 6.42 Å². The lowest BCUT2D eigenvalue weighted by Crippen LogP contribution is -2.10. The Hall–Kier alpha value is -2.17. The van der Waals surface area contributed by atoms with E-state index in [1.165, 1.54) is 5.56 Å². The van der Waals surface area contributed by atoms with Crippen molar-refractivity contribution in [1.29, 1.82) is 0 Å². The average molecular weight is 257 g/mol. The van der Waals surface area contributed by atoms with Gasteiger partial charge in [0.15, 0.2) is 0 Å². The van der Waals surface area contributed by atoms with Crippen molar-refractivity contribution in [2.24, 2.45) is 0 Å². The van der Waals surface area contributed by atoms with E-state index in [9.17, 15) is 0 Å². The molecule has 5 nitrogen and oxygen atoms in total. The van der Waals surface area contributed by atoms with Gasteiger partial charge in [-0.15, -0.1) is 0 Å². The second kappa shape index (κ2) is 6.68. The fourth-order valence-electron chi connectivity index (χ4n) is 1.85. The summed E-state index contributed by atoms with van der Waals surface area (Å²) in [5.41, 5.74) is 2.27. The molecule has 0 amide bonds. The van der Waals surface area contributed by atoms with Gasteiger partial charge in [-0.25, -0.2) is 9.97 Å². The Morgan fingerprint density at radius 2 is 1.95 bits per heavy atom. The zero-order valence-electron chi connectivity index (χ0n) is 11.3. The molecule has 19 heavy (non-hydrogen) atoms. The van der Waals surface area contributed by atoms with E-state index in [4.69, 9.17) is 0 Å². The van der Waals surface area contributed by atoms with E-state index in [1.807, 2.05) is 19.2 Å². The van der Waals surface area contributed by atoms with Gasteiger partial charge >= 0.3 is 0 Å². The van der Waals surface area contributed by atoms with Crippen molar-refractivity contribution in [3.05, 3.63) is 42.0 Å². The van der Waals surface area contributed by atoms with E-state index in [1.54, 1.807) is 12.5 Å². The van der Waals surface area contributed by atoms with Gasteiger partial charge < -0.3 is 10.6 Å². The summed E-state index contributed by atoms with van der Waals surface area (Å²) in [5.74, 6) is 1.77. The summed E-state index contributed by atoms with van der Waals surface area (Å²) in [6.07, 6.45) is 6.18. The normalized spacial score (nSPS) is 10.2. The maximum absolute atomic E-state index is 4.27. The number of hydrogen-bond donors (Lipinski definition) is 2. The number of anilines is 2. The molecule has 2 rings (SSSR count). The fraction of sp³-hybridized carbons (Fsp3) is 0.357. The van der Waals surface area contributed by atoms with E-state index in [-0.39, 0.29) is 0 Å². The molecule has 0 aliphatic rings. The quantitative estimate of drug-likeness (QED) is 0.831. The Morgan fingerprint density at radius 3 is 2.63 bits per heavy atom. The summed E-state index contributed by atoms with van der Waals surface area (Å²) in [4.78, 5) is 12.6. The van der Waals surface area contributed by atoms with E-state index in [0.29, 0.717) is 0 Å². The molecule has 0 aliphatic heterocycles. The van der Waals surface area contributed by atoms with Crippen molar-refractivity contribution in [3.63, 3.8) is 0 Å². The SMILES string of the molecule is CCNc1ncnc(NCCc2cccnc2)c1C. The van der Waals surface area contributed by atoms with Crippen LogP contribution in [0.4, 0.5) is 11.6 Å². The third kappa shape index (κ3) is 3.64. The van der Waals surface area contributed by atoms with Crippen LogP contribution in [0.3, 0.4) is 0 Å². The summed E-state index contributed by atoms with van der Waals surface area (Å²) in [6, 6.07) is 4.03. The zero-order chi connectivity index (χ0) is 13.5. The smallest absolute Gasteiger partial charge is 0.134 e. The highest BCUT2D eigenvalue weighted by molar-refractivity contribution is 5.56. The number of pyridine rings is 1. The Morgan fingerprint density at radius 1 is 1.16 bits per heavy atom. The van der Waals surface area contributed by atoms with Gasteiger partial charge in [0.1, 0.15) is 18.0 Å². The lowest BCUT2D eigenvalue weighted by Gasteiger charge is -2.11. The third-order valence-corrected chi connectivity index (χ3v) is 2.86. The maximum atomic E-state index is 4.27. The van der Waals surface area contributed by atoms with Crippen LogP contribution < -0.4 is 10.6 Å². The molecule has 0 saturated heterocycles. The van der Waals surface area contributed by atoms with Crippen LogP contribution in [0.5, 0.6) is 0 Å². The molecule has 0 radical (unpaired) electrons. The van der Waals surface area contributed by atoms with Gasteiger partial charge in [0.05, 0.1) is 0 Å².